The monoisotopic (exact) mass is 570 g/mol. The van der Waals surface area contributed by atoms with Crippen molar-refractivity contribution in [3.63, 3.8) is 0 Å². The molecule has 238 valence electrons. The fourth-order valence-corrected chi connectivity index (χ4v) is 5.64. The van der Waals surface area contributed by atoms with Gasteiger partial charge in [0.05, 0.1) is 6.61 Å². The molecule has 0 aliphatic carbocycles. The molecule has 1 aliphatic rings. The lowest BCUT2D eigenvalue weighted by Gasteiger charge is -2.25. The largest absolute Gasteiger partial charge is 0.508 e. The summed E-state index contributed by atoms with van der Waals surface area (Å²) in [5, 5.41) is 0. The van der Waals surface area contributed by atoms with Crippen LogP contribution in [0.3, 0.4) is 0 Å². The molecule has 2 unspecified atom stereocenters. The summed E-state index contributed by atoms with van der Waals surface area (Å²) in [6.07, 6.45) is 25.8. The van der Waals surface area contributed by atoms with Gasteiger partial charge < -0.3 is 23.8 Å². The fourth-order valence-electron chi connectivity index (χ4n) is 5.64. The lowest BCUT2D eigenvalue weighted by atomic mass is 9.88. The van der Waals surface area contributed by atoms with E-state index >= 15 is 0 Å². The van der Waals surface area contributed by atoms with Gasteiger partial charge in [-0.05, 0) is 71.4 Å². The van der Waals surface area contributed by atoms with Crippen LogP contribution in [0, 0.1) is 5.92 Å². The highest BCUT2D eigenvalue weighted by atomic mass is 16.7. The van der Waals surface area contributed by atoms with E-state index in [1.54, 1.807) is 0 Å². The van der Waals surface area contributed by atoms with Crippen LogP contribution >= 0.6 is 0 Å². The Morgan fingerprint density at radius 3 is 2.00 bits per heavy atom. The molecular weight excluding hydrogens is 502 g/mol. The summed E-state index contributed by atoms with van der Waals surface area (Å²) in [5.74, 6) is 0.621. The molecular formula is C34H67NO5. The average Bonchev–Trinajstić information content (AvgIpc) is 2.94. The molecule has 0 N–H and O–H groups in total. The summed E-state index contributed by atoms with van der Waals surface area (Å²) in [5.41, 5.74) is 0. The second kappa shape index (κ2) is 27.0. The second-order valence-electron chi connectivity index (χ2n) is 12.4. The minimum Gasteiger partial charge on any atom is -0.434 e. The molecule has 2 atom stereocenters. The Morgan fingerprint density at radius 2 is 1.40 bits per heavy atom. The molecule has 40 heavy (non-hydrogen) atoms. The number of rotatable bonds is 27. The summed E-state index contributed by atoms with van der Waals surface area (Å²) in [6, 6.07) is 0. The molecule has 0 radical (unpaired) electrons. The van der Waals surface area contributed by atoms with Crippen LogP contribution < -0.4 is 0 Å². The van der Waals surface area contributed by atoms with Crippen LogP contribution in [-0.2, 0) is 18.9 Å². The van der Waals surface area contributed by atoms with Crippen molar-refractivity contribution in [1.82, 2.24) is 4.90 Å². The maximum absolute atomic E-state index is 12.6. The van der Waals surface area contributed by atoms with E-state index in [-0.39, 0.29) is 12.4 Å². The Kier molecular flexibility index (Phi) is 25.1. The standard InChI is InChI=1S/C34H67NO5/c1-5-7-9-11-13-15-22-31(23-16-14-12-10-8-6-2)30-32(40-34(36)39-29-21-26-35(3)4)24-17-19-27-37-33-25-18-20-28-38-33/h31-33H,5-30H2,1-4H3. The molecule has 0 aromatic heterocycles. The molecule has 0 amide bonds. The number of hydrogen-bond donors (Lipinski definition) is 0. The molecule has 0 spiro atoms. The zero-order valence-corrected chi connectivity index (χ0v) is 27.1. The number of unbranched alkanes of at least 4 members (excludes halogenated alkanes) is 11. The number of carbonyl (C=O) groups is 1. The predicted molar refractivity (Wildman–Crippen MR) is 167 cm³/mol. The van der Waals surface area contributed by atoms with Crippen LogP contribution in [0.2, 0.25) is 0 Å². The summed E-state index contributed by atoms with van der Waals surface area (Å²) < 4.78 is 23.1. The highest BCUT2D eigenvalue weighted by Crippen LogP contribution is 2.27. The second-order valence-corrected chi connectivity index (χ2v) is 12.4. The van der Waals surface area contributed by atoms with Crippen molar-refractivity contribution in [1.29, 1.82) is 0 Å². The van der Waals surface area contributed by atoms with Crippen molar-refractivity contribution in [2.75, 3.05) is 40.5 Å². The van der Waals surface area contributed by atoms with Crippen molar-refractivity contribution < 1.29 is 23.7 Å². The van der Waals surface area contributed by atoms with Crippen molar-refractivity contribution in [3.05, 3.63) is 0 Å². The van der Waals surface area contributed by atoms with E-state index in [0.717, 1.165) is 58.1 Å². The van der Waals surface area contributed by atoms with E-state index in [1.807, 2.05) is 14.1 Å². The van der Waals surface area contributed by atoms with Gasteiger partial charge in [0, 0.05) is 19.8 Å². The zero-order valence-electron chi connectivity index (χ0n) is 27.1. The maximum atomic E-state index is 12.6. The maximum Gasteiger partial charge on any atom is 0.508 e. The van der Waals surface area contributed by atoms with Crippen LogP contribution in [0.5, 0.6) is 0 Å². The van der Waals surface area contributed by atoms with Crippen molar-refractivity contribution >= 4 is 6.16 Å². The van der Waals surface area contributed by atoms with Gasteiger partial charge in [0.2, 0.25) is 0 Å². The third-order valence-corrected chi connectivity index (χ3v) is 8.12. The molecule has 0 aromatic rings. The van der Waals surface area contributed by atoms with Gasteiger partial charge in [-0.1, -0.05) is 104 Å². The van der Waals surface area contributed by atoms with Crippen molar-refractivity contribution in [2.45, 2.75) is 167 Å². The number of carbonyl (C=O) groups excluding carboxylic acids is 1. The van der Waals surface area contributed by atoms with Crippen molar-refractivity contribution in [3.8, 4) is 0 Å². The van der Waals surface area contributed by atoms with Crippen LogP contribution in [-0.4, -0.2) is 63.9 Å². The summed E-state index contributed by atoms with van der Waals surface area (Å²) in [4.78, 5) is 14.7. The lowest BCUT2D eigenvalue weighted by molar-refractivity contribution is -0.162. The quantitative estimate of drug-likeness (QED) is 0.0725. The first kappa shape index (κ1) is 37.2. The highest BCUT2D eigenvalue weighted by Gasteiger charge is 2.21. The van der Waals surface area contributed by atoms with Gasteiger partial charge in [-0.25, -0.2) is 4.79 Å². The third kappa shape index (κ3) is 22.8. The Bertz CT molecular complexity index is 536. The molecule has 1 rings (SSSR count). The molecule has 0 saturated carbocycles. The summed E-state index contributed by atoms with van der Waals surface area (Å²) >= 11 is 0. The average molecular weight is 570 g/mol. The number of hydrogen-bond acceptors (Lipinski definition) is 6. The Morgan fingerprint density at radius 1 is 0.775 bits per heavy atom. The lowest BCUT2D eigenvalue weighted by Crippen LogP contribution is -2.24. The van der Waals surface area contributed by atoms with E-state index in [1.165, 1.54) is 96.3 Å². The van der Waals surface area contributed by atoms with Gasteiger partial charge in [-0.3, -0.25) is 0 Å². The van der Waals surface area contributed by atoms with Gasteiger partial charge in [0.1, 0.15) is 6.10 Å². The van der Waals surface area contributed by atoms with E-state index < -0.39 is 6.16 Å². The van der Waals surface area contributed by atoms with E-state index in [4.69, 9.17) is 18.9 Å². The molecule has 1 saturated heterocycles. The Hall–Kier alpha value is -0.850. The van der Waals surface area contributed by atoms with Gasteiger partial charge >= 0.3 is 6.16 Å². The molecule has 1 heterocycles. The highest BCUT2D eigenvalue weighted by molar-refractivity contribution is 5.60. The molecule has 0 aromatic carbocycles. The Labute approximate surface area is 248 Å². The van der Waals surface area contributed by atoms with Gasteiger partial charge in [0.15, 0.2) is 6.29 Å². The first-order valence-corrected chi connectivity index (χ1v) is 17.3. The normalized spacial score (nSPS) is 16.5. The molecule has 1 aliphatic heterocycles. The van der Waals surface area contributed by atoms with E-state index in [9.17, 15) is 4.79 Å². The van der Waals surface area contributed by atoms with E-state index in [2.05, 4.69) is 18.7 Å². The van der Waals surface area contributed by atoms with Crippen LogP contribution in [0.4, 0.5) is 4.79 Å². The molecule has 1 fully saturated rings. The van der Waals surface area contributed by atoms with Crippen LogP contribution in [0.25, 0.3) is 0 Å². The first-order chi connectivity index (χ1) is 19.5. The van der Waals surface area contributed by atoms with Gasteiger partial charge in [-0.2, -0.15) is 0 Å². The molecule has 0 bridgehead atoms. The first-order valence-electron chi connectivity index (χ1n) is 17.3. The van der Waals surface area contributed by atoms with Crippen LogP contribution in [0.1, 0.15) is 155 Å². The minimum atomic E-state index is -0.492. The molecule has 6 nitrogen and oxygen atoms in total. The van der Waals surface area contributed by atoms with Gasteiger partial charge in [-0.15, -0.1) is 0 Å². The summed E-state index contributed by atoms with van der Waals surface area (Å²) in [6.45, 7) is 7.40. The smallest absolute Gasteiger partial charge is 0.434 e. The third-order valence-electron chi connectivity index (χ3n) is 8.12. The van der Waals surface area contributed by atoms with E-state index in [0.29, 0.717) is 19.1 Å². The number of ether oxygens (including phenoxy) is 4. The van der Waals surface area contributed by atoms with Crippen molar-refractivity contribution in [2.24, 2.45) is 5.92 Å². The Balaban J connectivity index is 2.57. The minimum absolute atomic E-state index is 0.0306. The fraction of sp³-hybridized carbons (Fsp3) is 0.971. The summed E-state index contributed by atoms with van der Waals surface area (Å²) in [7, 11) is 4.07. The molecule has 6 heteroatoms. The predicted octanol–water partition coefficient (Wildman–Crippen LogP) is 9.68. The van der Waals surface area contributed by atoms with Gasteiger partial charge in [0.25, 0.3) is 0 Å². The number of nitrogens with zero attached hydrogens (tertiary/aromatic N) is 1. The SMILES string of the molecule is CCCCCCCCC(CCCCCCCC)CC(CCCCOC1CCCCO1)OC(=O)OCCCN(C)C. The topological polar surface area (TPSA) is 57.2 Å². The zero-order chi connectivity index (χ0) is 29.1. The van der Waals surface area contributed by atoms with Crippen LogP contribution in [0.15, 0.2) is 0 Å².